The predicted molar refractivity (Wildman–Crippen MR) is 98.5 cm³/mol. The number of hydrogen-bond acceptors (Lipinski definition) is 5. The first-order chi connectivity index (χ1) is 11.6. The Labute approximate surface area is 142 Å². The van der Waals surface area contributed by atoms with Gasteiger partial charge in [0.15, 0.2) is 0 Å². The van der Waals surface area contributed by atoms with Crippen LogP contribution < -0.4 is 10.9 Å². The van der Waals surface area contributed by atoms with Crippen LogP contribution in [-0.4, -0.2) is 14.6 Å². The number of hydrogen-bond donors (Lipinski definition) is 1. The van der Waals surface area contributed by atoms with Crippen LogP contribution >= 0.6 is 11.3 Å². The highest BCUT2D eigenvalue weighted by atomic mass is 32.1. The Kier molecular flexibility index (Phi) is 3.54. The van der Waals surface area contributed by atoms with Gasteiger partial charge in [-0.1, -0.05) is 42.0 Å². The van der Waals surface area contributed by atoms with E-state index in [4.69, 9.17) is 0 Å². The molecular weight excluding hydrogens is 320 g/mol. The predicted octanol–water partition coefficient (Wildman–Crippen LogP) is 3.92. The summed E-state index contributed by atoms with van der Waals surface area (Å²) in [6, 6.07) is 13.9. The van der Waals surface area contributed by atoms with Gasteiger partial charge in [-0.2, -0.15) is 4.52 Å². The highest BCUT2D eigenvalue weighted by Gasteiger charge is 2.11. The van der Waals surface area contributed by atoms with Gasteiger partial charge in [-0.3, -0.25) is 4.79 Å². The Morgan fingerprint density at radius 2 is 1.96 bits per heavy atom. The van der Waals surface area contributed by atoms with Crippen LogP contribution in [0.25, 0.3) is 15.9 Å². The lowest BCUT2D eigenvalue weighted by Crippen LogP contribution is -2.15. The van der Waals surface area contributed by atoms with Gasteiger partial charge in [-0.25, -0.2) is 4.98 Å². The van der Waals surface area contributed by atoms with Gasteiger partial charge in [0.25, 0.3) is 5.56 Å². The zero-order valence-corrected chi connectivity index (χ0v) is 14.2. The maximum Gasteiger partial charge on any atom is 0.283 e. The van der Waals surface area contributed by atoms with Crippen molar-refractivity contribution in [3.8, 4) is 0 Å². The molecule has 0 amide bonds. The highest BCUT2D eigenvalue weighted by Crippen LogP contribution is 2.23. The van der Waals surface area contributed by atoms with E-state index in [-0.39, 0.29) is 5.56 Å². The third kappa shape index (κ3) is 2.55. The van der Waals surface area contributed by atoms with Crippen LogP contribution in [0.2, 0.25) is 0 Å². The number of benzene rings is 2. The Morgan fingerprint density at radius 1 is 1.17 bits per heavy atom. The second kappa shape index (κ2) is 5.72. The van der Waals surface area contributed by atoms with E-state index in [1.54, 1.807) is 0 Å². The molecule has 0 fully saturated rings. The first-order valence-corrected chi connectivity index (χ1v) is 8.62. The molecule has 0 atom stereocenters. The maximum absolute atomic E-state index is 12.6. The number of aryl methyl sites for hydroxylation is 2. The molecule has 24 heavy (non-hydrogen) atoms. The molecule has 0 unspecified atom stereocenters. The van der Waals surface area contributed by atoms with Gasteiger partial charge in [0.2, 0.25) is 10.1 Å². The van der Waals surface area contributed by atoms with Crippen molar-refractivity contribution >= 4 is 38.0 Å². The van der Waals surface area contributed by atoms with Crippen molar-refractivity contribution in [2.24, 2.45) is 0 Å². The van der Waals surface area contributed by atoms with Crippen LogP contribution in [-0.2, 0) is 6.42 Å². The second-order valence-electron chi connectivity index (χ2n) is 5.71. The number of anilines is 2. The molecule has 2 heterocycles. The molecule has 0 aliphatic heterocycles. The number of rotatable bonds is 3. The summed E-state index contributed by atoms with van der Waals surface area (Å²) in [6.45, 7) is 4.09. The van der Waals surface area contributed by atoms with E-state index < -0.39 is 0 Å². The zero-order chi connectivity index (χ0) is 16.7. The summed E-state index contributed by atoms with van der Waals surface area (Å²) >= 11 is 1.36. The fourth-order valence-corrected chi connectivity index (χ4v) is 3.44. The largest absolute Gasteiger partial charge is 0.330 e. The molecule has 0 aliphatic rings. The van der Waals surface area contributed by atoms with Crippen molar-refractivity contribution < 1.29 is 0 Å². The molecule has 0 spiro atoms. The van der Waals surface area contributed by atoms with E-state index in [2.05, 4.69) is 34.5 Å². The highest BCUT2D eigenvalue weighted by molar-refractivity contribution is 7.20. The van der Waals surface area contributed by atoms with Crippen molar-refractivity contribution in [3.63, 3.8) is 0 Å². The average Bonchev–Trinajstić information content (AvgIpc) is 2.99. The molecule has 4 aromatic rings. The quantitative estimate of drug-likeness (QED) is 0.616. The third-order valence-electron chi connectivity index (χ3n) is 3.96. The molecule has 5 nitrogen and oxygen atoms in total. The van der Waals surface area contributed by atoms with Crippen molar-refractivity contribution in [3.05, 3.63) is 63.9 Å². The van der Waals surface area contributed by atoms with Gasteiger partial charge in [-0.15, -0.1) is 5.10 Å². The molecule has 0 radical (unpaired) electrons. The Hall–Kier alpha value is -2.73. The van der Waals surface area contributed by atoms with Gasteiger partial charge in [0.05, 0.1) is 10.9 Å². The molecule has 120 valence electrons. The number of nitrogens with zero attached hydrogens (tertiary/aromatic N) is 3. The summed E-state index contributed by atoms with van der Waals surface area (Å²) < 4.78 is 1.37. The summed E-state index contributed by atoms with van der Waals surface area (Å²) in [5.41, 5.74) is 3.83. The third-order valence-corrected chi connectivity index (χ3v) is 4.79. The standard InChI is InChI=1S/C18H16N4OS/c1-3-12-5-7-13(8-6-12)19-17-21-22-16(23)14-10-11(2)4-9-15(14)20-18(22)24-17/h4-10H,3H2,1-2H3,(H,19,21). The second-order valence-corrected chi connectivity index (χ2v) is 6.67. The van der Waals surface area contributed by atoms with E-state index >= 15 is 0 Å². The average molecular weight is 336 g/mol. The van der Waals surface area contributed by atoms with E-state index in [1.807, 2.05) is 37.3 Å². The maximum atomic E-state index is 12.6. The number of fused-ring (bicyclic) bond motifs is 2. The lowest BCUT2D eigenvalue weighted by molar-refractivity contribution is 0.919. The minimum Gasteiger partial charge on any atom is -0.330 e. The van der Waals surface area contributed by atoms with Gasteiger partial charge in [0.1, 0.15) is 0 Å². The Morgan fingerprint density at radius 3 is 2.71 bits per heavy atom. The summed E-state index contributed by atoms with van der Waals surface area (Å²) in [4.78, 5) is 17.8. The van der Waals surface area contributed by atoms with Crippen molar-refractivity contribution in [1.82, 2.24) is 14.6 Å². The molecule has 0 aliphatic carbocycles. The molecule has 1 N–H and O–H groups in total. The number of nitrogens with one attached hydrogen (secondary N) is 1. The summed E-state index contributed by atoms with van der Waals surface area (Å²) in [5, 5.41) is 8.87. The molecule has 0 bridgehead atoms. The van der Waals surface area contributed by atoms with E-state index in [0.29, 0.717) is 21.0 Å². The topological polar surface area (TPSA) is 59.3 Å². The molecule has 6 heteroatoms. The minimum atomic E-state index is -0.135. The van der Waals surface area contributed by atoms with Crippen LogP contribution in [0.15, 0.2) is 47.3 Å². The SMILES string of the molecule is CCc1ccc(Nc2nn3c(=O)c4cc(C)ccc4nc3s2)cc1. The van der Waals surface area contributed by atoms with Crippen LogP contribution in [0, 0.1) is 6.92 Å². The van der Waals surface area contributed by atoms with Gasteiger partial charge < -0.3 is 5.32 Å². The van der Waals surface area contributed by atoms with E-state index in [0.717, 1.165) is 17.7 Å². The normalized spacial score (nSPS) is 11.2. The Balaban J connectivity index is 1.78. The van der Waals surface area contributed by atoms with Crippen LogP contribution in [0.1, 0.15) is 18.1 Å². The Bertz CT molecular complexity index is 1100. The summed E-state index contributed by atoms with van der Waals surface area (Å²) in [6.07, 6.45) is 1.01. The fourth-order valence-electron chi connectivity index (χ4n) is 2.62. The first kappa shape index (κ1) is 14.8. The van der Waals surface area contributed by atoms with Gasteiger partial charge in [0, 0.05) is 5.69 Å². The monoisotopic (exact) mass is 336 g/mol. The smallest absolute Gasteiger partial charge is 0.283 e. The number of aromatic nitrogens is 3. The summed E-state index contributed by atoms with van der Waals surface area (Å²) in [7, 11) is 0. The molecule has 0 saturated heterocycles. The van der Waals surface area contributed by atoms with Crippen LogP contribution in [0.5, 0.6) is 0 Å². The zero-order valence-electron chi connectivity index (χ0n) is 13.4. The lowest BCUT2D eigenvalue weighted by atomic mass is 10.1. The van der Waals surface area contributed by atoms with Gasteiger partial charge >= 0.3 is 0 Å². The molecule has 2 aromatic heterocycles. The minimum absolute atomic E-state index is 0.135. The lowest BCUT2D eigenvalue weighted by Gasteiger charge is -2.02. The molecule has 2 aromatic carbocycles. The van der Waals surface area contributed by atoms with Crippen LogP contribution in [0.3, 0.4) is 0 Å². The van der Waals surface area contributed by atoms with Crippen LogP contribution in [0.4, 0.5) is 10.8 Å². The first-order valence-electron chi connectivity index (χ1n) is 7.80. The van der Waals surface area contributed by atoms with Crippen molar-refractivity contribution in [1.29, 1.82) is 0 Å². The fraction of sp³-hybridized carbons (Fsp3) is 0.167. The van der Waals surface area contributed by atoms with E-state index in [9.17, 15) is 4.79 Å². The van der Waals surface area contributed by atoms with Crippen molar-refractivity contribution in [2.75, 3.05) is 5.32 Å². The molecular formula is C18H16N4OS. The van der Waals surface area contributed by atoms with E-state index in [1.165, 1.54) is 21.4 Å². The molecule has 4 rings (SSSR count). The van der Waals surface area contributed by atoms with Gasteiger partial charge in [-0.05, 0) is 43.2 Å². The summed E-state index contributed by atoms with van der Waals surface area (Å²) in [5.74, 6) is 0. The van der Waals surface area contributed by atoms with Crippen molar-refractivity contribution in [2.45, 2.75) is 20.3 Å². The molecule has 0 saturated carbocycles.